The predicted octanol–water partition coefficient (Wildman–Crippen LogP) is 6.46. The van der Waals surface area contributed by atoms with Crippen molar-refractivity contribution in [2.75, 3.05) is 0 Å². The molecule has 4 heteroatoms. The molecule has 157 valence electrons. The van der Waals surface area contributed by atoms with Crippen molar-refractivity contribution in [1.29, 1.82) is 0 Å². The van der Waals surface area contributed by atoms with Gasteiger partial charge in [-0.2, -0.15) is 0 Å². The van der Waals surface area contributed by atoms with Crippen LogP contribution < -0.4 is 0 Å². The van der Waals surface area contributed by atoms with Crippen molar-refractivity contribution in [1.82, 2.24) is 9.97 Å². The standard InChI is InChI=1S/C17H10NSe.C11H8N.Ir/c1-2-10-16-12(6-1)13-7-5-8-14(17(13)19-16)15-9-3-4-11-18-15;1-2-6-10(7-3-1)11-8-4-5-9-12-11;/h1-7,9-11H;1-6,8-9H;/q2*-1;. The van der Waals surface area contributed by atoms with Crippen LogP contribution in [-0.4, -0.2) is 24.5 Å². The second kappa shape index (κ2) is 10.6. The second-order valence-electron chi connectivity index (χ2n) is 6.90. The van der Waals surface area contributed by atoms with E-state index in [0.717, 1.165) is 22.5 Å². The minimum atomic E-state index is 0. The summed E-state index contributed by atoms with van der Waals surface area (Å²) in [6.07, 6.45) is 3.63. The molecule has 0 aliphatic rings. The first kappa shape index (κ1) is 22.3. The van der Waals surface area contributed by atoms with E-state index in [1.54, 1.807) is 6.20 Å². The minimum absolute atomic E-state index is 0. The van der Waals surface area contributed by atoms with Crippen LogP contribution in [0.1, 0.15) is 0 Å². The number of benzene rings is 3. The molecule has 0 unspecified atom stereocenters. The Morgan fingerprint density at radius 3 is 2.03 bits per heavy atom. The molecule has 0 saturated carbocycles. The Morgan fingerprint density at radius 2 is 1.31 bits per heavy atom. The molecule has 0 amide bonds. The van der Waals surface area contributed by atoms with Crippen LogP contribution in [0.3, 0.4) is 0 Å². The molecule has 0 aliphatic carbocycles. The van der Waals surface area contributed by atoms with Crippen molar-refractivity contribution < 1.29 is 20.1 Å². The molecule has 6 aromatic rings. The fraction of sp³-hybridized carbons (Fsp3) is 0. The molecular formula is C28H18IrN2Se-2. The first-order chi connectivity index (χ1) is 15.4. The number of pyridine rings is 2. The van der Waals surface area contributed by atoms with E-state index in [1.807, 2.05) is 66.9 Å². The van der Waals surface area contributed by atoms with Gasteiger partial charge in [0.05, 0.1) is 0 Å². The maximum atomic E-state index is 4.47. The van der Waals surface area contributed by atoms with E-state index in [1.165, 1.54) is 19.3 Å². The monoisotopic (exact) mass is 655 g/mol. The molecule has 0 spiro atoms. The molecule has 0 saturated heterocycles. The van der Waals surface area contributed by atoms with Gasteiger partial charge in [-0.15, -0.1) is 35.9 Å². The zero-order valence-corrected chi connectivity index (χ0v) is 21.1. The van der Waals surface area contributed by atoms with Gasteiger partial charge in [-0.25, -0.2) is 0 Å². The van der Waals surface area contributed by atoms with Gasteiger partial charge in [-0.05, 0) is 11.8 Å². The van der Waals surface area contributed by atoms with Gasteiger partial charge in [-0.3, -0.25) is 0 Å². The van der Waals surface area contributed by atoms with E-state index in [0.29, 0.717) is 14.5 Å². The molecule has 32 heavy (non-hydrogen) atoms. The van der Waals surface area contributed by atoms with Crippen LogP contribution in [-0.2, 0) is 20.1 Å². The molecule has 6 rings (SSSR count). The van der Waals surface area contributed by atoms with Crippen LogP contribution in [0.15, 0.2) is 109 Å². The second-order valence-corrected chi connectivity index (χ2v) is 9.11. The Morgan fingerprint density at radius 1 is 0.594 bits per heavy atom. The van der Waals surface area contributed by atoms with Crippen LogP contribution >= 0.6 is 0 Å². The average Bonchev–Trinajstić information content (AvgIpc) is 3.25. The molecule has 0 N–H and O–H groups in total. The van der Waals surface area contributed by atoms with Gasteiger partial charge in [0.2, 0.25) is 0 Å². The molecule has 2 nitrogen and oxygen atoms in total. The quantitative estimate of drug-likeness (QED) is 0.159. The Bertz CT molecular complexity index is 1380. The van der Waals surface area contributed by atoms with Crippen molar-refractivity contribution in [2.45, 2.75) is 0 Å². The molecular weight excluding hydrogens is 635 g/mol. The fourth-order valence-electron chi connectivity index (χ4n) is 3.47. The van der Waals surface area contributed by atoms with Crippen LogP contribution in [0.4, 0.5) is 0 Å². The van der Waals surface area contributed by atoms with Crippen molar-refractivity contribution >= 4 is 33.8 Å². The number of rotatable bonds is 2. The minimum Gasteiger partial charge on any atom is -0.305 e. The summed E-state index contributed by atoms with van der Waals surface area (Å²) < 4.78 is 2.87. The van der Waals surface area contributed by atoms with Crippen LogP contribution in [0, 0.1) is 12.1 Å². The summed E-state index contributed by atoms with van der Waals surface area (Å²) in [6, 6.07) is 39.1. The zero-order valence-electron chi connectivity index (χ0n) is 17.0. The van der Waals surface area contributed by atoms with Crippen LogP contribution in [0.2, 0.25) is 0 Å². The Balaban J connectivity index is 0.000000164. The van der Waals surface area contributed by atoms with E-state index in [-0.39, 0.29) is 20.1 Å². The summed E-state index contributed by atoms with van der Waals surface area (Å²) in [5.74, 6) is 0. The number of nitrogens with zero attached hydrogens (tertiary/aromatic N) is 2. The number of hydrogen-bond donors (Lipinski definition) is 0. The summed E-state index contributed by atoms with van der Waals surface area (Å²) in [7, 11) is 0. The van der Waals surface area contributed by atoms with Crippen molar-refractivity contribution in [3.05, 3.63) is 122 Å². The SMILES string of the molecule is [Ir].[c-]1ccc2c([se]c3ccccc32)c1-c1ccccn1.[c-]1ccccc1-c1ccccn1. The Labute approximate surface area is 207 Å². The summed E-state index contributed by atoms with van der Waals surface area (Å²) in [5, 5.41) is 2.73. The predicted molar refractivity (Wildman–Crippen MR) is 129 cm³/mol. The summed E-state index contributed by atoms with van der Waals surface area (Å²) >= 11 is 0.358. The molecule has 0 bridgehead atoms. The molecule has 3 aromatic heterocycles. The van der Waals surface area contributed by atoms with Gasteiger partial charge in [0.15, 0.2) is 0 Å². The molecule has 0 fully saturated rings. The number of hydrogen-bond acceptors (Lipinski definition) is 2. The molecule has 3 aromatic carbocycles. The first-order valence-corrected chi connectivity index (χ1v) is 11.7. The smallest absolute Gasteiger partial charge is 0.0160 e. The van der Waals surface area contributed by atoms with E-state index in [2.05, 4.69) is 58.5 Å². The largest absolute Gasteiger partial charge is 0.305 e. The van der Waals surface area contributed by atoms with Crippen molar-refractivity contribution in [3.63, 3.8) is 0 Å². The van der Waals surface area contributed by atoms with Gasteiger partial charge in [-0.1, -0.05) is 12.1 Å². The van der Waals surface area contributed by atoms with Gasteiger partial charge in [0.25, 0.3) is 0 Å². The summed E-state index contributed by atoms with van der Waals surface area (Å²) in [5.41, 5.74) is 4.19. The normalized spacial score (nSPS) is 10.2. The molecule has 0 aliphatic heterocycles. The van der Waals surface area contributed by atoms with Gasteiger partial charge in [0.1, 0.15) is 0 Å². The summed E-state index contributed by atoms with van der Waals surface area (Å²) in [4.78, 5) is 8.69. The van der Waals surface area contributed by atoms with E-state index < -0.39 is 0 Å². The maximum absolute atomic E-state index is 4.47. The summed E-state index contributed by atoms with van der Waals surface area (Å²) in [6.45, 7) is 0. The average molecular weight is 654 g/mol. The topological polar surface area (TPSA) is 25.8 Å². The van der Waals surface area contributed by atoms with Crippen molar-refractivity contribution in [2.24, 2.45) is 0 Å². The van der Waals surface area contributed by atoms with E-state index >= 15 is 0 Å². The van der Waals surface area contributed by atoms with Gasteiger partial charge in [0, 0.05) is 26.3 Å². The third-order valence-electron chi connectivity index (χ3n) is 4.91. The molecule has 3 heterocycles. The Kier molecular flexibility index (Phi) is 7.42. The van der Waals surface area contributed by atoms with E-state index in [4.69, 9.17) is 0 Å². The molecule has 0 atom stereocenters. The maximum Gasteiger partial charge on any atom is 0.0160 e. The van der Waals surface area contributed by atoms with Crippen LogP contribution in [0.25, 0.3) is 41.8 Å². The number of fused-ring (bicyclic) bond motifs is 3. The third-order valence-corrected chi connectivity index (χ3v) is 7.44. The van der Waals surface area contributed by atoms with E-state index in [9.17, 15) is 0 Å². The third kappa shape index (κ3) is 4.80. The Hall–Kier alpha value is -2.87. The zero-order chi connectivity index (χ0) is 20.9. The van der Waals surface area contributed by atoms with Gasteiger partial charge < -0.3 is 4.98 Å². The van der Waals surface area contributed by atoms with Gasteiger partial charge >= 0.3 is 117 Å². The molecule has 1 radical (unpaired) electrons. The van der Waals surface area contributed by atoms with Crippen molar-refractivity contribution in [3.8, 4) is 22.5 Å². The first-order valence-electron chi connectivity index (χ1n) is 10.0. The van der Waals surface area contributed by atoms with Crippen LogP contribution in [0.5, 0.6) is 0 Å². The number of aromatic nitrogens is 2. The fourth-order valence-corrected chi connectivity index (χ4v) is 6.00.